The summed E-state index contributed by atoms with van der Waals surface area (Å²) in [4.78, 5) is 14.6. The zero-order chi connectivity index (χ0) is 9.84. The number of pyridine rings is 1. The van der Waals surface area contributed by atoms with Crippen LogP contribution in [0.3, 0.4) is 0 Å². The number of carboxylic acid groups (broad SMARTS) is 1. The molecule has 0 amide bonds. The lowest BCUT2D eigenvalue weighted by atomic mass is 10.1. The number of hydrogen-bond acceptors (Lipinski definition) is 3. The number of hydrogen-bond donors (Lipinski definition) is 1. The van der Waals surface area contributed by atoms with Crippen LogP contribution in [0.1, 0.15) is 18.5 Å². The molecule has 0 radical (unpaired) electrons. The topological polar surface area (TPSA) is 59.4 Å². The highest BCUT2D eigenvalue weighted by Gasteiger charge is 2.15. The van der Waals surface area contributed by atoms with Crippen LogP contribution in [0.15, 0.2) is 18.3 Å². The number of methoxy groups -OCH3 is 1. The monoisotopic (exact) mass is 181 g/mol. The van der Waals surface area contributed by atoms with Gasteiger partial charge in [-0.1, -0.05) is 0 Å². The summed E-state index contributed by atoms with van der Waals surface area (Å²) < 4.78 is 4.95. The smallest absolute Gasteiger partial charge is 0.312 e. The van der Waals surface area contributed by atoms with Gasteiger partial charge in [0.25, 0.3) is 0 Å². The zero-order valence-electron chi connectivity index (χ0n) is 7.52. The minimum atomic E-state index is -0.888. The van der Waals surface area contributed by atoms with Crippen molar-refractivity contribution in [2.45, 2.75) is 12.8 Å². The summed E-state index contributed by atoms with van der Waals surface area (Å²) in [5.74, 6) is -0.867. The Morgan fingerprint density at radius 1 is 1.69 bits per heavy atom. The van der Waals surface area contributed by atoms with Crippen LogP contribution in [0.2, 0.25) is 0 Å². The molecule has 0 bridgehead atoms. The van der Waals surface area contributed by atoms with Gasteiger partial charge in [0.05, 0.1) is 18.7 Å². The summed E-state index contributed by atoms with van der Waals surface area (Å²) in [5, 5.41) is 8.72. The van der Waals surface area contributed by atoms with Gasteiger partial charge >= 0.3 is 5.97 Å². The fourth-order valence-electron chi connectivity index (χ4n) is 0.918. The van der Waals surface area contributed by atoms with Crippen molar-refractivity contribution in [1.29, 1.82) is 0 Å². The standard InChI is InChI=1S/C9H11NO3/c1-6(9(11)12)8-5-7(13-2)3-4-10-8/h3-6H,1-2H3,(H,11,12)/t6-/m1/s1. The lowest BCUT2D eigenvalue weighted by molar-refractivity contribution is -0.138. The molecule has 0 aliphatic rings. The molecule has 0 saturated heterocycles. The van der Waals surface area contributed by atoms with Crippen molar-refractivity contribution in [2.75, 3.05) is 7.11 Å². The Morgan fingerprint density at radius 2 is 2.38 bits per heavy atom. The lowest BCUT2D eigenvalue weighted by Gasteiger charge is -2.06. The van der Waals surface area contributed by atoms with Gasteiger partial charge < -0.3 is 9.84 Å². The summed E-state index contributed by atoms with van der Waals surface area (Å²) in [6.45, 7) is 1.59. The highest BCUT2D eigenvalue weighted by molar-refractivity contribution is 5.74. The molecule has 1 atom stereocenters. The summed E-state index contributed by atoms with van der Waals surface area (Å²) in [7, 11) is 1.53. The number of rotatable bonds is 3. The molecule has 0 spiro atoms. The first-order chi connectivity index (χ1) is 6.15. The third-order valence-corrected chi connectivity index (χ3v) is 1.80. The van der Waals surface area contributed by atoms with E-state index >= 15 is 0 Å². The molecule has 13 heavy (non-hydrogen) atoms. The van der Waals surface area contributed by atoms with Gasteiger partial charge in [-0.25, -0.2) is 0 Å². The number of nitrogens with zero attached hydrogens (tertiary/aromatic N) is 1. The molecule has 0 unspecified atom stereocenters. The number of carbonyl (C=O) groups is 1. The van der Waals surface area contributed by atoms with Crippen LogP contribution < -0.4 is 4.74 Å². The predicted molar refractivity (Wildman–Crippen MR) is 46.8 cm³/mol. The molecule has 1 N–H and O–H groups in total. The highest BCUT2D eigenvalue weighted by Crippen LogP contribution is 2.17. The minimum absolute atomic E-state index is 0.506. The third kappa shape index (κ3) is 2.18. The lowest BCUT2D eigenvalue weighted by Crippen LogP contribution is -2.09. The fraction of sp³-hybridized carbons (Fsp3) is 0.333. The Kier molecular flexibility index (Phi) is 2.84. The molecule has 0 aromatic carbocycles. The fourth-order valence-corrected chi connectivity index (χ4v) is 0.918. The minimum Gasteiger partial charge on any atom is -0.497 e. The maximum atomic E-state index is 10.6. The Bertz CT molecular complexity index is 311. The van der Waals surface area contributed by atoms with Crippen molar-refractivity contribution in [3.05, 3.63) is 24.0 Å². The van der Waals surface area contributed by atoms with Crippen molar-refractivity contribution >= 4 is 5.97 Å². The third-order valence-electron chi connectivity index (χ3n) is 1.80. The van der Waals surface area contributed by atoms with Crippen LogP contribution in [0.5, 0.6) is 5.75 Å². The molecule has 1 aromatic heterocycles. The van der Waals surface area contributed by atoms with E-state index in [0.29, 0.717) is 11.4 Å². The van der Waals surface area contributed by atoms with Gasteiger partial charge in [0.2, 0.25) is 0 Å². The Hall–Kier alpha value is -1.58. The molecule has 0 fully saturated rings. The van der Waals surface area contributed by atoms with Gasteiger partial charge in [0.1, 0.15) is 5.75 Å². The molecular weight excluding hydrogens is 170 g/mol. The van der Waals surface area contributed by atoms with Crippen molar-refractivity contribution in [1.82, 2.24) is 4.98 Å². The molecule has 70 valence electrons. The van der Waals surface area contributed by atoms with E-state index in [9.17, 15) is 4.79 Å². The first kappa shape index (κ1) is 9.51. The normalized spacial score (nSPS) is 12.2. The Balaban J connectivity index is 2.94. The van der Waals surface area contributed by atoms with Crippen LogP contribution in [-0.2, 0) is 4.79 Å². The quantitative estimate of drug-likeness (QED) is 0.763. The largest absolute Gasteiger partial charge is 0.497 e. The van der Waals surface area contributed by atoms with E-state index in [0.717, 1.165) is 0 Å². The second kappa shape index (κ2) is 3.89. The number of aliphatic carboxylic acids is 1. The van der Waals surface area contributed by atoms with Crippen molar-refractivity contribution < 1.29 is 14.6 Å². The van der Waals surface area contributed by atoms with E-state index < -0.39 is 11.9 Å². The maximum absolute atomic E-state index is 10.6. The van der Waals surface area contributed by atoms with Gasteiger partial charge in [-0.3, -0.25) is 9.78 Å². The van der Waals surface area contributed by atoms with E-state index in [1.54, 1.807) is 19.1 Å². The van der Waals surface area contributed by atoms with Crippen molar-refractivity contribution in [3.8, 4) is 5.75 Å². The second-order valence-electron chi connectivity index (χ2n) is 2.68. The van der Waals surface area contributed by atoms with Gasteiger partial charge in [0.15, 0.2) is 0 Å². The highest BCUT2D eigenvalue weighted by atomic mass is 16.5. The zero-order valence-corrected chi connectivity index (χ0v) is 7.52. The molecule has 1 aromatic rings. The molecule has 1 rings (SSSR count). The second-order valence-corrected chi connectivity index (χ2v) is 2.68. The van der Waals surface area contributed by atoms with E-state index in [2.05, 4.69) is 4.98 Å². The molecule has 0 saturated carbocycles. The van der Waals surface area contributed by atoms with Gasteiger partial charge in [-0.05, 0) is 13.0 Å². The van der Waals surface area contributed by atoms with Crippen LogP contribution >= 0.6 is 0 Å². The van der Waals surface area contributed by atoms with Gasteiger partial charge in [-0.15, -0.1) is 0 Å². The maximum Gasteiger partial charge on any atom is 0.312 e. The molecule has 4 heteroatoms. The molecule has 0 aliphatic carbocycles. The number of ether oxygens (including phenoxy) is 1. The van der Waals surface area contributed by atoms with E-state index in [1.807, 2.05) is 0 Å². The Morgan fingerprint density at radius 3 is 2.92 bits per heavy atom. The molecule has 1 heterocycles. The van der Waals surface area contributed by atoms with Crippen molar-refractivity contribution in [3.63, 3.8) is 0 Å². The summed E-state index contributed by atoms with van der Waals surface area (Å²) in [6, 6.07) is 3.30. The van der Waals surface area contributed by atoms with Gasteiger partial charge in [0, 0.05) is 12.3 Å². The number of carboxylic acids is 1. The first-order valence-electron chi connectivity index (χ1n) is 3.88. The van der Waals surface area contributed by atoms with Crippen LogP contribution in [0, 0.1) is 0 Å². The van der Waals surface area contributed by atoms with E-state index in [-0.39, 0.29) is 0 Å². The van der Waals surface area contributed by atoms with Crippen LogP contribution in [0.25, 0.3) is 0 Å². The summed E-state index contributed by atoms with van der Waals surface area (Å²) >= 11 is 0. The number of aromatic nitrogens is 1. The average molecular weight is 181 g/mol. The predicted octanol–water partition coefficient (Wildman–Crippen LogP) is 1.28. The average Bonchev–Trinajstić information content (AvgIpc) is 2.16. The van der Waals surface area contributed by atoms with Crippen LogP contribution in [0.4, 0.5) is 0 Å². The summed E-state index contributed by atoms with van der Waals surface area (Å²) in [5.41, 5.74) is 0.506. The van der Waals surface area contributed by atoms with E-state index in [1.165, 1.54) is 13.3 Å². The first-order valence-corrected chi connectivity index (χ1v) is 3.88. The molecule has 4 nitrogen and oxygen atoms in total. The molecular formula is C9H11NO3. The van der Waals surface area contributed by atoms with Crippen LogP contribution in [-0.4, -0.2) is 23.2 Å². The summed E-state index contributed by atoms with van der Waals surface area (Å²) in [6.07, 6.45) is 1.54. The van der Waals surface area contributed by atoms with E-state index in [4.69, 9.17) is 9.84 Å². The molecule has 0 aliphatic heterocycles. The Labute approximate surface area is 76.2 Å². The van der Waals surface area contributed by atoms with Crippen molar-refractivity contribution in [2.24, 2.45) is 0 Å². The van der Waals surface area contributed by atoms with Gasteiger partial charge in [-0.2, -0.15) is 0 Å². The SMILES string of the molecule is COc1ccnc([C@@H](C)C(=O)O)c1.